The SMILES string of the molecule is CNC(=O)c1cccc(NC(=O)C2(CN)CCC2)c1C. The molecule has 1 saturated carbocycles. The second-order valence-corrected chi connectivity index (χ2v) is 5.35. The van der Waals surface area contributed by atoms with E-state index in [0.29, 0.717) is 17.8 Å². The number of carbonyl (C=O) groups is 2. The van der Waals surface area contributed by atoms with Crippen LogP contribution in [0.2, 0.25) is 0 Å². The van der Waals surface area contributed by atoms with Crippen LogP contribution in [0.5, 0.6) is 0 Å². The number of carbonyl (C=O) groups excluding carboxylic acids is 2. The van der Waals surface area contributed by atoms with Crippen LogP contribution < -0.4 is 16.4 Å². The van der Waals surface area contributed by atoms with Gasteiger partial charge in [-0.3, -0.25) is 9.59 Å². The Kier molecular flexibility index (Phi) is 4.09. The summed E-state index contributed by atoms with van der Waals surface area (Å²) < 4.78 is 0. The molecule has 1 fully saturated rings. The van der Waals surface area contributed by atoms with Gasteiger partial charge in [-0.15, -0.1) is 0 Å². The highest BCUT2D eigenvalue weighted by Gasteiger charge is 2.42. The molecule has 0 aromatic heterocycles. The fraction of sp³-hybridized carbons (Fsp3) is 0.467. The minimum Gasteiger partial charge on any atom is -0.355 e. The lowest BCUT2D eigenvalue weighted by Crippen LogP contribution is -2.47. The maximum atomic E-state index is 12.4. The first-order chi connectivity index (χ1) is 9.54. The summed E-state index contributed by atoms with van der Waals surface area (Å²) in [7, 11) is 1.59. The van der Waals surface area contributed by atoms with Gasteiger partial charge in [0, 0.05) is 24.8 Å². The first-order valence-electron chi connectivity index (χ1n) is 6.87. The van der Waals surface area contributed by atoms with Crippen LogP contribution in [-0.4, -0.2) is 25.4 Å². The predicted octanol–water partition coefficient (Wildman–Crippen LogP) is 1.42. The number of anilines is 1. The van der Waals surface area contributed by atoms with E-state index in [2.05, 4.69) is 10.6 Å². The van der Waals surface area contributed by atoms with E-state index in [1.54, 1.807) is 19.2 Å². The number of hydrogen-bond donors (Lipinski definition) is 3. The molecule has 0 spiro atoms. The van der Waals surface area contributed by atoms with Crippen LogP contribution in [0.3, 0.4) is 0 Å². The molecule has 2 rings (SSSR count). The summed E-state index contributed by atoms with van der Waals surface area (Å²) >= 11 is 0. The van der Waals surface area contributed by atoms with Crippen molar-refractivity contribution in [3.05, 3.63) is 29.3 Å². The van der Waals surface area contributed by atoms with Gasteiger partial charge >= 0.3 is 0 Å². The Bertz CT molecular complexity index is 530. The molecule has 108 valence electrons. The number of hydrogen-bond acceptors (Lipinski definition) is 3. The summed E-state index contributed by atoms with van der Waals surface area (Å²) in [6, 6.07) is 5.32. The van der Waals surface area contributed by atoms with Crippen molar-refractivity contribution in [2.75, 3.05) is 18.9 Å². The quantitative estimate of drug-likeness (QED) is 0.777. The smallest absolute Gasteiger partial charge is 0.251 e. The first kappa shape index (κ1) is 14.5. The number of nitrogens with two attached hydrogens (primary N) is 1. The second kappa shape index (κ2) is 5.63. The van der Waals surface area contributed by atoms with E-state index in [-0.39, 0.29) is 11.8 Å². The number of benzene rings is 1. The molecular formula is C15H21N3O2. The molecule has 20 heavy (non-hydrogen) atoms. The van der Waals surface area contributed by atoms with Crippen LogP contribution in [-0.2, 0) is 4.79 Å². The molecule has 0 saturated heterocycles. The van der Waals surface area contributed by atoms with Gasteiger partial charge < -0.3 is 16.4 Å². The van der Waals surface area contributed by atoms with E-state index in [1.165, 1.54) is 0 Å². The number of nitrogens with one attached hydrogen (secondary N) is 2. The average molecular weight is 275 g/mol. The molecule has 1 aromatic rings. The van der Waals surface area contributed by atoms with Crippen LogP contribution in [0.25, 0.3) is 0 Å². The monoisotopic (exact) mass is 275 g/mol. The Balaban J connectivity index is 2.22. The third-order valence-corrected chi connectivity index (χ3v) is 4.24. The third kappa shape index (κ3) is 2.41. The van der Waals surface area contributed by atoms with Gasteiger partial charge in [0.15, 0.2) is 0 Å². The lowest BCUT2D eigenvalue weighted by molar-refractivity contribution is -0.129. The van der Waals surface area contributed by atoms with Crippen LogP contribution in [0.15, 0.2) is 18.2 Å². The lowest BCUT2D eigenvalue weighted by atomic mass is 9.68. The van der Waals surface area contributed by atoms with Crippen molar-refractivity contribution in [3.8, 4) is 0 Å². The van der Waals surface area contributed by atoms with Crippen LogP contribution in [0.4, 0.5) is 5.69 Å². The van der Waals surface area contributed by atoms with E-state index >= 15 is 0 Å². The Morgan fingerprint density at radius 2 is 2.05 bits per heavy atom. The standard InChI is InChI=1S/C15H21N3O2/c1-10-11(13(19)17-2)5-3-6-12(10)18-14(20)15(9-16)7-4-8-15/h3,5-6H,4,7-9,16H2,1-2H3,(H,17,19)(H,18,20). The fourth-order valence-corrected chi connectivity index (χ4v) is 2.53. The molecule has 1 aromatic carbocycles. The predicted molar refractivity (Wildman–Crippen MR) is 78.5 cm³/mol. The van der Waals surface area contributed by atoms with Gasteiger partial charge in [0.1, 0.15) is 0 Å². The van der Waals surface area contributed by atoms with Crippen LogP contribution in [0, 0.1) is 12.3 Å². The second-order valence-electron chi connectivity index (χ2n) is 5.35. The van der Waals surface area contributed by atoms with Crippen molar-refractivity contribution in [1.82, 2.24) is 5.32 Å². The van der Waals surface area contributed by atoms with Gasteiger partial charge in [0.2, 0.25) is 5.91 Å². The molecule has 0 radical (unpaired) electrons. The van der Waals surface area contributed by atoms with Gasteiger partial charge in [0.05, 0.1) is 5.41 Å². The van der Waals surface area contributed by atoms with E-state index in [0.717, 1.165) is 24.8 Å². The molecule has 0 heterocycles. The van der Waals surface area contributed by atoms with Gasteiger partial charge in [-0.05, 0) is 37.5 Å². The van der Waals surface area contributed by atoms with Crippen molar-refractivity contribution in [2.24, 2.45) is 11.1 Å². The molecule has 5 heteroatoms. The highest BCUT2D eigenvalue weighted by molar-refractivity contribution is 6.00. The summed E-state index contributed by atoms with van der Waals surface area (Å²) in [5.74, 6) is -0.195. The van der Waals surface area contributed by atoms with Crippen LogP contribution in [0.1, 0.15) is 35.2 Å². The largest absolute Gasteiger partial charge is 0.355 e. The van der Waals surface area contributed by atoms with Gasteiger partial charge in [0.25, 0.3) is 5.91 Å². The Labute approximate surface area is 118 Å². The van der Waals surface area contributed by atoms with Gasteiger partial charge in [-0.2, -0.15) is 0 Å². The molecule has 2 amide bonds. The fourth-order valence-electron chi connectivity index (χ4n) is 2.53. The van der Waals surface area contributed by atoms with E-state index in [9.17, 15) is 9.59 Å². The molecule has 4 N–H and O–H groups in total. The molecule has 0 unspecified atom stereocenters. The maximum Gasteiger partial charge on any atom is 0.251 e. The Morgan fingerprint density at radius 1 is 1.35 bits per heavy atom. The lowest BCUT2D eigenvalue weighted by Gasteiger charge is -2.39. The topological polar surface area (TPSA) is 84.2 Å². The Morgan fingerprint density at radius 3 is 2.55 bits per heavy atom. The normalized spacial score (nSPS) is 16.1. The number of rotatable bonds is 4. The summed E-state index contributed by atoms with van der Waals surface area (Å²) in [6.07, 6.45) is 2.72. The minimum atomic E-state index is -0.421. The van der Waals surface area contributed by atoms with E-state index < -0.39 is 5.41 Å². The van der Waals surface area contributed by atoms with Crippen molar-refractivity contribution < 1.29 is 9.59 Å². The average Bonchev–Trinajstić information content (AvgIpc) is 2.39. The van der Waals surface area contributed by atoms with Crippen LogP contribution >= 0.6 is 0 Å². The molecule has 1 aliphatic carbocycles. The maximum absolute atomic E-state index is 12.4. The van der Waals surface area contributed by atoms with E-state index in [1.807, 2.05) is 13.0 Å². The number of amides is 2. The van der Waals surface area contributed by atoms with Crippen molar-refractivity contribution in [2.45, 2.75) is 26.2 Å². The molecule has 0 aliphatic heterocycles. The molecule has 0 bridgehead atoms. The summed E-state index contributed by atoms with van der Waals surface area (Å²) in [6.45, 7) is 2.20. The summed E-state index contributed by atoms with van der Waals surface area (Å²) in [5.41, 5.74) is 7.33. The van der Waals surface area contributed by atoms with E-state index in [4.69, 9.17) is 5.73 Å². The first-order valence-corrected chi connectivity index (χ1v) is 6.87. The third-order valence-electron chi connectivity index (χ3n) is 4.24. The molecule has 5 nitrogen and oxygen atoms in total. The zero-order chi connectivity index (χ0) is 14.8. The minimum absolute atomic E-state index is 0.0385. The highest BCUT2D eigenvalue weighted by atomic mass is 16.2. The molecule has 0 atom stereocenters. The van der Waals surface area contributed by atoms with Crippen molar-refractivity contribution in [3.63, 3.8) is 0 Å². The summed E-state index contributed by atoms with van der Waals surface area (Å²) in [4.78, 5) is 24.1. The highest BCUT2D eigenvalue weighted by Crippen LogP contribution is 2.41. The summed E-state index contributed by atoms with van der Waals surface area (Å²) in [5, 5.41) is 5.52. The zero-order valence-corrected chi connectivity index (χ0v) is 12.0. The van der Waals surface area contributed by atoms with Gasteiger partial charge in [-0.1, -0.05) is 12.5 Å². The zero-order valence-electron chi connectivity index (χ0n) is 12.0. The van der Waals surface area contributed by atoms with Crippen molar-refractivity contribution in [1.29, 1.82) is 0 Å². The van der Waals surface area contributed by atoms with Gasteiger partial charge in [-0.25, -0.2) is 0 Å². The Hall–Kier alpha value is -1.88. The van der Waals surface area contributed by atoms with Crippen molar-refractivity contribution >= 4 is 17.5 Å². The molecule has 1 aliphatic rings. The molecular weight excluding hydrogens is 254 g/mol.